The first-order chi connectivity index (χ1) is 16.5. The van der Waals surface area contributed by atoms with E-state index >= 15 is 0 Å². The molecule has 1 N–H and O–H groups in total. The zero-order valence-corrected chi connectivity index (χ0v) is 19.4. The first kappa shape index (κ1) is 20.6. The van der Waals surface area contributed by atoms with Crippen LogP contribution in [0.3, 0.4) is 0 Å². The Morgan fingerprint density at radius 3 is 2.29 bits per heavy atom. The van der Waals surface area contributed by atoms with Crippen molar-refractivity contribution in [2.24, 2.45) is 0 Å². The maximum atomic E-state index is 13.8. The predicted octanol–water partition coefficient (Wildman–Crippen LogP) is 5.91. The first-order valence-electron chi connectivity index (χ1n) is 11.0. The summed E-state index contributed by atoms with van der Waals surface area (Å²) >= 11 is 6.41. The SMILES string of the molecule is Cc1nn(-c2ccccc2)c2c1C(c1c(C)[nH]n(-c3ccccc3)c1=O)c1cc(Cl)ccc1O2. The van der Waals surface area contributed by atoms with Crippen LogP contribution in [0.1, 0.15) is 34.0 Å². The van der Waals surface area contributed by atoms with Crippen molar-refractivity contribution < 1.29 is 4.74 Å². The Morgan fingerprint density at radius 2 is 1.59 bits per heavy atom. The number of nitrogens with zero attached hydrogens (tertiary/aromatic N) is 3. The normalized spacial score (nSPS) is 14.4. The summed E-state index contributed by atoms with van der Waals surface area (Å²) in [4.78, 5) is 13.8. The molecule has 168 valence electrons. The van der Waals surface area contributed by atoms with Crippen LogP contribution in [0.2, 0.25) is 5.02 Å². The molecule has 3 heterocycles. The molecule has 1 aliphatic rings. The summed E-state index contributed by atoms with van der Waals surface area (Å²) in [6.07, 6.45) is 0. The fourth-order valence-electron chi connectivity index (χ4n) is 4.75. The number of halogens is 1. The zero-order valence-electron chi connectivity index (χ0n) is 18.6. The molecule has 0 bridgehead atoms. The summed E-state index contributed by atoms with van der Waals surface area (Å²) in [5.74, 6) is 0.878. The van der Waals surface area contributed by atoms with E-state index in [9.17, 15) is 4.79 Å². The van der Waals surface area contributed by atoms with E-state index in [0.29, 0.717) is 22.2 Å². The molecule has 1 unspecified atom stereocenters. The van der Waals surface area contributed by atoms with Gasteiger partial charge in [0.15, 0.2) is 0 Å². The number of ether oxygens (including phenoxy) is 1. The molecular formula is C27H21ClN4O2. The van der Waals surface area contributed by atoms with Crippen molar-refractivity contribution in [1.82, 2.24) is 19.6 Å². The maximum absolute atomic E-state index is 13.8. The van der Waals surface area contributed by atoms with Gasteiger partial charge in [-0.15, -0.1) is 0 Å². The molecule has 6 nitrogen and oxygen atoms in total. The fraction of sp³-hybridized carbons (Fsp3) is 0.111. The average molecular weight is 469 g/mol. The van der Waals surface area contributed by atoms with E-state index in [1.807, 2.05) is 86.6 Å². The third-order valence-corrected chi connectivity index (χ3v) is 6.50. The second kappa shape index (κ2) is 7.78. The number of para-hydroxylation sites is 2. The Kier molecular flexibility index (Phi) is 4.71. The van der Waals surface area contributed by atoms with E-state index in [0.717, 1.165) is 33.9 Å². The summed E-state index contributed by atoms with van der Waals surface area (Å²) in [6, 6.07) is 24.9. The molecule has 0 spiro atoms. The van der Waals surface area contributed by atoms with Crippen LogP contribution in [0.4, 0.5) is 0 Å². The second-order valence-electron chi connectivity index (χ2n) is 8.40. The molecule has 1 aliphatic heterocycles. The molecule has 1 atom stereocenters. The number of aryl methyl sites for hydroxylation is 2. The van der Waals surface area contributed by atoms with Gasteiger partial charge in [0.1, 0.15) is 5.75 Å². The number of H-pyrrole nitrogens is 1. The highest BCUT2D eigenvalue weighted by molar-refractivity contribution is 6.30. The topological polar surface area (TPSA) is 64.8 Å². The number of rotatable bonds is 3. The lowest BCUT2D eigenvalue weighted by Gasteiger charge is -2.26. The highest BCUT2D eigenvalue weighted by Gasteiger charge is 2.38. The van der Waals surface area contributed by atoms with Gasteiger partial charge >= 0.3 is 0 Å². The van der Waals surface area contributed by atoms with Crippen molar-refractivity contribution in [3.05, 3.63) is 122 Å². The quantitative estimate of drug-likeness (QED) is 0.351. The molecule has 2 aromatic heterocycles. The Morgan fingerprint density at radius 1 is 0.912 bits per heavy atom. The number of aromatic nitrogens is 4. The molecule has 7 heteroatoms. The minimum absolute atomic E-state index is 0.112. The number of hydrogen-bond acceptors (Lipinski definition) is 3. The number of aromatic amines is 1. The van der Waals surface area contributed by atoms with Gasteiger partial charge in [-0.3, -0.25) is 9.89 Å². The Hall–Kier alpha value is -4.03. The van der Waals surface area contributed by atoms with Gasteiger partial charge in [-0.1, -0.05) is 48.0 Å². The van der Waals surface area contributed by atoms with Crippen molar-refractivity contribution in [2.45, 2.75) is 19.8 Å². The molecule has 5 aromatic rings. The molecule has 0 amide bonds. The summed E-state index contributed by atoms with van der Waals surface area (Å²) in [5.41, 5.74) is 5.47. The minimum Gasteiger partial charge on any atom is -0.438 e. The van der Waals surface area contributed by atoms with E-state index in [-0.39, 0.29) is 11.5 Å². The van der Waals surface area contributed by atoms with E-state index in [1.165, 1.54) is 0 Å². The number of nitrogens with one attached hydrogen (secondary N) is 1. The lowest BCUT2D eigenvalue weighted by molar-refractivity contribution is 0.420. The van der Waals surface area contributed by atoms with Crippen LogP contribution in [0.25, 0.3) is 11.4 Å². The van der Waals surface area contributed by atoms with Crippen molar-refractivity contribution in [3.63, 3.8) is 0 Å². The first-order valence-corrected chi connectivity index (χ1v) is 11.4. The molecular weight excluding hydrogens is 448 g/mol. The monoisotopic (exact) mass is 468 g/mol. The Balaban J connectivity index is 1.63. The van der Waals surface area contributed by atoms with E-state index in [4.69, 9.17) is 21.4 Å². The number of fused-ring (bicyclic) bond motifs is 2. The third kappa shape index (κ3) is 3.10. The summed E-state index contributed by atoms with van der Waals surface area (Å²) in [7, 11) is 0. The number of hydrogen-bond donors (Lipinski definition) is 1. The standard InChI is InChI=1S/C27H21ClN4O2/c1-16-23(26(33)31(29-16)19-9-5-3-6-10-19)25-21-15-18(28)13-14-22(21)34-27-24(25)17(2)30-32(27)20-11-7-4-8-12-20/h3-15,25,29H,1-2H3. The van der Waals surface area contributed by atoms with Crippen molar-refractivity contribution in [1.29, 1.82) is 0 Å². The fourth-order valence-corrected chi connectivity index (χ4v) is 4.93. The van der Waals surface area contributed by atoms with Crippen LogP contribution >= 0.6 is 11.6 Å². The molecule has 6 rings (SSSR count). The van der Waals surface area contributed by atoms with Gasteiger partial charge in [0.2, 0.25) is 5.88 Å². The van der Waals surface area contributed by atoms with Crippen molar-refractivity contribution >= 4 is 11.6 Å². The molecule has 0 fully saturated rings. The van der Waals surface area contributed by atoms with Crippen LogP contribution in [-0.4, -0.2) is 19.6 Å². The highest BCUT2D eigenvalue weighted by Crippen LogP contribution is 2.49. The molecule has 0 radical (unpaired) electrons. The second-order valence-corrected chi connectivity index (χ2v) is 8.83. The molecule has 0 aliphatic carbocycles. The highest BCUT2D eigenvalue weighted by atomic mass is 35.5. The third-order valence-electron chi connectivity index (χ3n) is 6.26. The molecule has 0 saturated carbocycles. The average Bonchev–Trinajstić information content (AvgIpc) is 3.34. The smallest absolute Gasteiger partial charge is 0.275 e. The Labute approximate surface area is 201 Å². The van der Waals surface area contributed by atoms with Gasteiger partial charge in [-0.2, -0.15) is 5.10 Å². The minimum atomic E-state index is -0.386. The van der Waals surface area contributed by atoms with Gasteiger partial charge in [0, 0.05) is 16.3 Å². The number of benzene rings is 3. The van der Waals surface area contributed by atoms with Crippen molar-refractivity contribution in [3.8, 4) is 23.0 Å². The lowest BCUT2D eigenvalue weighted by Crippen LogP contribution is -2.22. The van der Waals surface area contributed by atoms with Crippen LogP contribution in [0.15, 0.2) is 83.7 Å². The summed E-state index contributed by atoms with van der Waals surface area (Å²) in [6.45, 7) is 3.87. The van der Waals surface area contributed by atoms with Gasteiger partial charge in [0.05, 0.1) is 34.1 Å². The molecule has 34 heavy (non-hydrogen) atoms. The van der Waals surface area contributed by atoms with E-state index in [1.54, 1.807) is 15.4 Å². The van der Waals surface area contributed by atoms with Gasteiger partial charge < -0.3 is 4.74 Å². The van der Waals surface area contributed by atoms with Gasteiger partial charge in [0.25, 0.3) is 5.56 Å². The van der Waals surface area contributed by atoms with Crippen LogP contribution in [0, 0.1) is 13.8 Å². The molecule has 0 saturated heterocycles. The predicted molar refractivity (Wildman–Crippen MR) is 132 cm³/mol. The van der Waals surface area contributed by atoms with Gasteiger partial charge in [-0.05, 0) is 56.3 Å². The summed E-state index contributed by atoms with van der Waals surface area (Å²) < 4.78 is 9.77. The van der Waals surface area contributed by atoms with E-state index < -0.39 is 0 Å². The maximum Gasteiger partial charge on any atom is 0.275 e. The van der Waals surface area contributed by atoms with Crippen LogP contribution in [-0.2, 0) is 0 Å². The van der Waals surface area contributed by atoms with E-state index in [2.05, 4.69) is 5.10 Å². The molecule has 3 aromatic carbocycles. The van der Waals surface area contributed by atoms with Crippen LogP contribution in [0.5, 0.6) is 11.6 Å². The summed E-state index contributed by atoms with van der Waals surface area (Å²) in [5, 5.41) is 8.66. The lowest BCUT2D eigenvalue weighted by atomic mass is 9.83. The zero-order chi connectivity index (χ0) is 23.4. The Bertz CT molecular complexity index is 1580. The van der Waals surface area contributed by atoms with Crippen molar-refractivity contribution in [2.75, 3.05) is 0 Å². The van der Waals surface area contributed by atoms with Gasteiger partial charge in [-0.25, -0.2) is 9.36 Å². The largest absolute Gasteiger partial charge is 0.438 e. The van der Waals surface area contributed by atoms with Crippen LogP contribution < -0.4 is 10.3 Å².